The molecule has 0 heteroatoms. The second-order valence-electron chi connectivity index (χ2n) is 11.0. The van der Waals surface area contributed by atoms with Crippen molar-refractivity contribution < 1.29 is 0 Å². The molecule has 0 aliphatic heterocycles. The van der Waals surface area contributed by atoms with Gasteiger partial charge < -0.3 is 0 Å². The molecule has 0 fully saturated rings. The Morgan fingerprint density at radius 3 is 1.30 bits per heavy atom. The number of aryl methyl sites for hydroxylation is 2. The van der Waals surface area contributed by atoms with Crippen LogP contribution in [0.5, 0.6) is 0 Å². The number of hydrogen-bond donors (Lipinski definition) is 0. The first-order chi connectivity index (χ1) is 19.7. The quantitative estimate of drug-likeness (QED) is 0.223. The predicted molar refractivity (Wildman–Crippen MR) is 172 cm³/mol. The van der Waals surface area contributed by atoms with Crippen molar-refractivity contribution in [1.82, 2.24) is 0 Å². The van der Waals surface area contributed by atoms with Gasteiger partial charge >= 0.3 is 0 Å². The summed E-state index contributed by atoms with van der Waals surface area (Å²) in [5.41, 5.74) is 15.7. The molecule has 0 N–H and O–H groups in total. The summed E-state index contributed by atoms with van der Waals surface area (Å²) in [6.07, 6.45) is 0. The maximum Gasteiger partial charge on any atom is -0.000741 e. The van der Waals surface area contributed by atoms with Crippen LogP contribution in [-0.2, 0) is 0 Å². The zero-order chi connectivity index (χ0) is 26.8. The largest absolute Gasteiger partial charge is 0.0622 e. The lowest BCUT2D eigenvalue weighted by atomic mass is 9.81. The highest BCUT2D eigenvalue weighted by atomic mass is 14.3. The third-order valence-electron chi connectivity index (χ3n) is 8.71. The first-order valence-corrected chi connectivity index (χ1v) is 14.0. The Bertz CT molecular complexity index is 1980. The van der Waals surface area contributed by atoms with E-state index < -0.39 is 0 Å². The number of rotatable bonds is 3. The Morgan fingerprint density at radius 2 is 0.775 bits per heavy atom. The van der Waals surface area contributed by atoms with Crippen LogP contribution >= 0.6 is 0 Å². The Labute approximate surface area is 235 Å². The lowest BCUT2D eigenvalue weighted by Crippen LogP contribution is -1.95. The molecule has 8 rings (SSSR count). The molecule has 188 valence electrons. The summed E-state index contributed by atoms with van der Waals surface area (Å²) in [5, 5.41) is 5.31. The van der Waals surface area contributed by atoms with Gasteiger partial charge in [0, 0.05) is 0 Å². The molecule has 0 bridgehead atoms. The topological polar surface area (TPSA) is 0 Å². The van der Waals surface area contributed by atoms with Crippen LogP contribution in [0.15, 0.2) is 133 Å². The van der Waals surface area contributed by atoms with Gasteiger partial charge in [-0.25, -0.2) is 0 Å². The van der Waals surface area contributed by atoms with E-state index in [9.17, 15) is 0 Å². The van der Waals surface area contributed by atoms with Crippen LogP contribution in [-0.4, -0.2) is 0 Å². The number of fused-ring (bicyclic) bond motifs is 4. The molecule has 0 heterocycles. The van der Waals surface area contributed by atoms with E-state index >= 15 is 0 Å². The van der Waals surface area contributed by atoms with Gasteiger partial charge in [0.05, 0.1) is 0 Å². The summed E-state index contributed by atoms with van der Waals surface area (Å²) in [6.45, 7) is 4.47. The van der Waals surface area contributed by atoms with E-state index in [-0.39, 0.29) is 0 Å². The van der Waals surface area contributed by atoms with Crippen LogP contribution in [0.2, 0.25) is 0 Å². The minimum Gasteiger partial charge on any atom is -0.0622 e. The molecule has 0 unspecified atom stereocenters. The van der Waals surface area contributed by atoms with Gasteiger partial charge in [0.15, 0.2) is 0 Å². The molecule has 1 aliphatic rings. The molecule has 0 radical (unpaired) electrons. The first kappa shape index (κ1) is 23.0. The van der Waals surface area contributed by atoms with Crippen molar-refractivity contribution in [2.75, 3.05) is 0 Å². The minimum absolute atomic E-state index is 1.25. The van der Waals surface area contributed by atoms with E-state index in [4.69, 9.17) is 0 Å². The summed E-state index contributed by atoms with van der Waals surface area (Å²) >= 11 is 0. The summed E-state index contributed by atoms with van der Waals surface area (Å²) in [7, 11) is 0. The van der Waals surface area contributed by atoms with Crippen molar-refractivity contribution in [1.29, 1.82) is 0 Å². The first-order valence-electron chi connectivity index (χ1n) is 14.0. The van der Waals surface area contributed by atoms with E-state index in [1.165, 1.54) is 88.3 Å². The zero-order valence-corrected chi connectivity index (χ0v) is 22.7. The molecule has 0 nitrogen and oxygen atoms in total. The summed E-state index contributed by atoms with van der Waals surface area (Å²) in [6, 6.07) is 49.1. The van der Waals surface area contributed by atoms with Crippen LogP contribution in [0.4, 0.5) is 0 Å². The number of hydrogen-bond acceptors (Lipinski definition) is 0. The molecule has 0 saturated heterocycles. The molecule has 1 aliphatic carbocycles. The molecule has 0 aromatic heterocycles. The lowest BCUT2D eigenvalue weighted by Gasteiger charge is -2.21. The second-order valence-corrected chi connectivity index (χ2v) is 11.0. The average Bonchev–Trinajstić information content (AvgIpc) is 3.33. The summed E-state index contributed by atoms with van der Waals surface area (Å²) < 4.78 is 0. The zero-order valence-electron chi connectivity index (χ0n) is 22.7. The highest BCUT2D eigenvalue weighted by molar-refractivity contribution is 6.28. The van der Waals surface area contributed by atoms with Gasteiger partial charge in [-0.15, -0.1) is 0 Å². The molecule has 7 aromatic carbocycles. The van der Waals surface area contributed by atoms with Gasteiger partial charge in [0.1, 0.15) is 0 Å². The third-order valence-corrected chi connectivity index (χ3v) is 8.71. The molecular formula is C40H28. The summed E-state index contributed by atoms with van der Waals surface area (Å²) in [5.74, 6) is 0. The molecule has 0 saturated carbocycles. The van der Waals surface area contributed by atoms with E-state index in [1.807, 2.05) is 0 Å². The Balaban J connectivity index is 1.61. The molecule has 7 aromatic rings. The Kier molecular flexibility index (Phi) is 5.06. The normalized spacial score (nSPS) is 11.8. The van der Waals surface area contributed by atoms with Gasteiger partial charge in [-0.05, 0) is 102 Å². The third kappa shape index (κ3) is 3.26. The average molecular weight is 509 g/mol. The molecule has 0 atom stereocenters. The molecule has 0 spiro atoms. The van der Waals surface area contributed by atoms with Crippen molar-refractivity contribution in [2.24, 2.45) is 0 Å². The fourth-order valence-electron chi connectivity index (χ4n) is 6.79. The second kappa shape index (κ2) is 8.79. The van der Waals surface area contributed by atoms with Crippen molar-refractivity contribution in [3.05, 3.63) is 145 Å². The monoisotopic (exact) mass is 508 g/mol. The van der Waals surface area contributed by atoms with E-state index in [0.717, 1.165) is 0 Å². The lowest BCUT2D eigenvalue weighted by molar-refractivity contribution is 1.37. The maximum absolute atomic E-state index is 2.41. The van der Waals surface area contributed by atoms with E-state index in [0.29, 0.717) is 0 Å². The van der Waals surface area contributed by atoms with Gasteiger partial charge in [0.25, 0.3) is 0 Å². The van der Waals surface area contributed by atoms with Crippen molar-refractivity contribution in [2.45, 2.75) is 13.8 Å². The Morgan fingerprint density at radius 1 is 0.325 bits per heavy atom. The van der Waals surface area contributed by atoms with E-state index in [2.05, 4.69) is 147 Å². The molecule has 40 heavy (non-hydrogen) atoms. The fourth-order valence-corrected chi connectivity index (χ4v) is 6.79. The van der Waals surface area contributed by atoms with Crippen LogP contribution in [0.3, 0.4) is 0 Å². The van der Waals surface area contributed by atoms with Crippen molar-refractivity contribution in [3.8, 4) is 55.6 Å². The van der Waals surface area contributed by atoms with Crippen molar-refractivity contribution in [3.63, 3.8) is 0 Å². The molecule has 0 amide bonds. The minimum atomic E-state index is 1.25. The summed E-state index contributed by atoms with van der Waals surface area (Å²) in [4.78, 5) is 0. The van der Waals surface area contributed by atoms with Crippen LogP contribution in [0.1, 0.15) is 11.1 Å². The SMILES string of the molecule is Cc1cc2c(-c3ccccc3)c3c(c(-c4ccccc4)c2cc1C)-c1ccc(-c2ccccc2)c2cccc-3c12. The van der Waals surface area contributed by atoms with Gasteiger partial charge in [-0.1, -0.05) is 133 Å². The van der Waals surface area contributed by atoms with E-state index in [1.54, 1.807) is 0 Å². The predicted octanol–water partition coefficient (Wildman–Crippen LogP) is 11.3. The highest BCUT2D eigenvalue weighted by Gasteiger charge is 2.31. The smallest absolute Gasteiger partial charge is 0.000741 e. The van der Waals surface area contributed by atoms with Crippen LogP contribution in [0, 0.1) is 13.8 Å². The van der Waals surface area contributed by atoms with Crippen LogP contribution < -0.4 is 0 Å². The molecular weight excluding hydrogens is 480 g/mol. The maximum atomic E-state index is 2.41. The van der Waals surface area contributed by atoms with Gasteiger partial charge in [-0.3, -0.25) is 0 Å². The van der Waals surface area contributed by atoms with Gasteiger partial charge in [-0.2, -0.15) is 0 Å². The standard InChI is InChI=1S/C40H28/c1-25-23-34-35(24-26(25)2)37(29-17-10-5-11-18-29)40-33-22-21-30(27-13-6-3-7-14-27)31-19-12-20-32(38(31)33)39(40)36(34)28-15-8-4-9-16-28/h3-24H,1-2H3. The van der Waals surface area contributed by atoms with Crippen LogP contribution in [0.25, 0.3) is 77.2 Å². The fraction of sp³-hybridized carbons (Fsp3) is 0.0500. The Hall–Kier alpha value is -4.94. The number of benzene rings is 7. The highest BCUT2D eigenvalue weighted by Crippen LogP contribution is 2.58. The van der Waals surface area contributed by atoms with Crippen molar-refractivity contribution >= 4 is 21.5 Å². The van der Waals surface area contributed by atoms with Gasteiger partial charge in [0.2, 0.25) is 0 Å².